The Kier molecular flexibility index (Phi) is 2.58. The highest BCUT2D eigenvalue weighted by Crippen LogP contribution is 2.38. The molecule has 92 valence electrons. The normalized spacial score (nSPS) is 17.5. The van der Waals surface area contributed by atoms with Crippen LogP contribution in [0.15, 0.2) is 36.4 Å². The Labute approximate surface area is 108 Å². The van der Waals surface area contributed by atoms with E-state index in [-0.39, 0.29) is 5.91 Å². The molecule has 0 N–H and O–H groups in total. The van der Waals surface area contributed by atoms with Crippen LogP contribution in [0.3, 0.4) is 0 Å². The van der Waals surface area contributed by atoms with Gasteiger partial charge in [-0.3, -0.25) is 4.79 Å². The summed E-state index contributed by atoms with van der Waals surface area (Å²) in [5.41, 5.74) is 6.94. The number of carbonyl (C=O) groups excluding carboxylic acids is 1. The molecule has 0 atom stereocenters. The summed E-state index contributed by atoms with van der Waals surface area (Å²) in [7, 11) is 0. The molecule has 1 heterocycles. The molecule has 1 aromatic rings. The van der Waals surface area contributed by atoms with Gasteiger partial charge in [-0.2, -0.15) is 0 Å². The van der Waals surface area contributed by atoms with Crippen molar-refractivity contribution in [1.82, 2.24) is 4.90 Å². The van der Waals surface area contributed by atoms with Crippen LogP contribution in [0.1, 0.15) is 23.1 Å². The van der Waals surface area contributed by atoms with Crippen LogP contribution < -0.4 is 0 Å². The maximum Gasteiger partial charge on any atom is 0.246 e. The van der Waals surface area contributed by atoms with E-state index >= 15 is 0 Å². The Morgan fingerprint density at radius 2 is 2.28 bits per heavy atom. The van der Waals surface area contributed by atoms with Crippen LogP contribution in [0.5, 0.6) is 0 Å². The maximum absolute atomic E-state index is 11.7. The molecule has 18 heavy (non-hydrogen) atoms. The second-order valence-electron chi connectivity index (χ2n) is 5.13. The second-order valence-corrected chi connectivity index (χ2v) is 5.13. The van der Waals surface area contributed by atoms with E-state index in [1.807, 2.05) is 4.90 Å². The van der Waals surface area contributed by atoms with Crippen LogP contribution in [-0.4, -0.2) is 23.9 Å². The first-order chi connectivity index (χ1) is 8.69. The summed E-state index contributed by atoms with van der Waals surface area (Å²) in [5.74, 6) is 0.0441. The fourth-order valence-electron chi connectivity index (χ4n) is 2.95. The summed E-state index contributed by atoms with van der Waals surface area (Å²) >= 11 is 0. The van der Waals surface area contributed by atoms with E-state index in [4.69, 9.17) is 0 Å². The van der Waals surface area contributed by atoms with E-state index in [9.17, 15) is 4.79 Å². The zero-order valence-electron chi connectivity index (χ0n) is 10.7. The number of aryl methyl sites for hydroxylation is 1. The highest BCUT2D eigenvalue weighted by atomic mass is 16.2. The summed E-state index contributed by atoms with van der Waals surface area (Å²) in [4.78, 5) is 13.6. The molecule has 2 heteroatoms. The van der Waals surface area contributed by atoms with Crippen molar-refractivity contribution in [1.29, 1.82) is 0 Å². The van der Waals surface area contributed by atoms with Gasteiger partial charge in [-0.05, 0) is 42.5 Å². The van der Waals surface area contributed by atoms with E-state index < -0.39 is 0 Å². The van der Waals surface area contributed by atoms with Gasteiger partial charge in [-0.25, -0.2) is 0 Å². The Balaban J connectivity index is 1.96. The summed E-state index contributed by atoms with van der Waals surface area (Å²) < 4.78 is 0. The number of hydrogen-bond acceptors (Lipinski definition) is 1. The Morgan fingerprint density at radius 3 is 3.06 bits per heavy atom. The SMILES string of the molecule is C=CC(=O)N1CCC2=C(C1)c1cc(C)ccc1C2. The van der Waals surface area contributed by atoms with Crippen molar-refractivity contribution in [2.45, 2.75) is 19.8 Å². The van der Waals surface area contributed by atoms with Gasteiger partial charge in [0.1, 0.15) is 0 Å². The van der Waals surface area contributed by atoms with Crippen molar-refractivity contribution in [3.63, 3.8) is 0 Å². The van der Waals surface area contributed by atoms with Crippen molar-refractivity contribution in [2.24, 2.45) is 0 Å². The molecule has 1 aliphatic heterocycles. The Morgan fingerprint density at radius 1 is 1.44 bits per heavy atom. The van der Waals surface area contributed by atoms with Crippen LogP contribution in [0.25, 0.3) is 5.57 Å². The van der Waals surface area contributed by atoms with Gasteiger partial charge >= 0.3 is 0 Å². The Bertz CT molecular complexity index is 568. The standard InChI is InChI=1S/C16H17NO/c1-3-16(18)17-7-6-13-9-12-5-4-11(2)8-14(12)15(13)10-17/h3-5,8H,1,6-7,9-10H2,2H3. The molecule has 0 radical (unpaired) electrons. The largest absolute Gasteiger partial charge is 0.335 e. The number of nitrogens with zero attached hydrogens (tertiary/aromatic N) is 1. The highest BCUT2D eigenvalue weighted by molar-refractivity contribution is 5.90. The maximum atomic E-state index is 11.7. The number of amides is 1. The van der Waals surface area contributed by atoms with E-state index in [1.165, 1.54) is 33.9 Å². The molecule has 0 aromatic heterocycles. The number of carbonyl (C=O) groups is 1. The minimum absolute atomic E-state index is 0.0441. The molecule has 0 unspecified atom stereocenters. The van der Waals surface area contributed by atoms with E-state index in [2.05, 4.69) is 31.7 Å². The van der Waals surface area contributed by atoms with Crippen LogP contribution in [0.4, 0.5) is 0 Å². The average molecular weight is 239 g/mol. The fraction of sp³-hybridized carbons (Fsp3) is 0.312. The minimum Gasteiger partial charge on any atom is -0.335 e. The first-order valence-electron chi connectivity index (χ1n) is 6.41. The quantitative estimate of drug-likeness (QED) is 0.690. The number of fused-ring (bicyclic) bond motifs is 2. The van der Waals surface area contributed by atoms with Gasteiger partial charge in [0.2, 0.25) is 5.91 Å². The molecule has 0 saturated carbocycles. The van der Waals surface area contributed by atoms with Gasteiger partial charge in [0.05, 0.1) is 0 Å². The zero-order chi connectivity index (χ0) is 12.7. The summed E-state index contributed by atoms with van der Waals surface area (Å²) in [6.07, 6.45) is 3.49. The van der Waals surface area contributed by atoms with E-state index in [1.54, 1.807) is 0 Å². The topological polar surface area (TPSA) is 20.3 Å². The molecule has 1 aromatic carbocycles. The lowest BCUT2D eigenvalue weighted by atomic mass is 9.99. The minimum atomic E-state index is 0.0441. The molecule has 0 fully saturated rings. The van der Waals surface area contributed by atoms with Crippen LogP contribution >= 0.6 is 0 Å². The van der Waals surface area contributed by atoms with E-state index in [0.29, 0.717) is 0 Å². The highest BCUT2D eigenvalue weighted by Gasteiger charge is 2.28. The molecule has 0 spiro atoms. The fourth-order valence-corrected chi connectivity index (χ4v) is 2.95. The summed E-state index contributed by atoms with van der Waals surface area (Å²) in [6.45, 7) is 7.27. The molecule has 0 bridgehead atoms. The predicted molar refractivity (Wildman–Crippen MR) is 73.2 cm³/mol. The first-order valence-corrected chi connectivity index (χ1v) is 6.41. The molecular formula is C16H17NO. The Hall–Kier alpha value is -1.83. The molecular weight excluding hydrogens is 222 g/mol. The number of hydrogen-bond donors (Lipinski definition) is 0. The molecule has 0 saturated heterocycles. The second kappa shape index (κ2) is 4.13. The van der Waals surface area contributed by atoms with Crippen LogP contribution in [0, 0.1) is 6.92 Å². The van der Waals surface area contributed by atoms with Gasteiger partial charge in [0, 0.05) is 13.1 Å². The van der Waals surface area contributed by atoms with Gasteiger partial charge in [0.25, 0.3) is 0 Å². The van der Waals surface area contributed by atoms with Crippen molar-refractivity contribution in [2.75, 3.05) is 13.1 Å². The lowest BCUT2D eigenvalue weighted by Gasteiger charge is -2.27. The van der Waals surface area contributed by atoms with Crippen molar-refractivity contribution in [3.8, 4) is 0 Å². The molecule has 3 rings (SSSR count). The number of benzene rings is 1. The number of rotatable bonds is 1. The third-order valence-corrected chi connectivity index (χ3v) is 3.94. The van der Waals surface area contributed by atoms with Gasteiger partial charge in [-0.15, -0.1) is 0 Å². The van der Waals surface area contributed by atoms with Gasteiger partial charge in [0.15, 0.2) is 0 Å². The van der Waals surface area contributed by atoms with Gasteiger partial charge < -0.3 is 4.90 Å². The van der Waals surface area contributed by atoms with Crippen molar-refractivity contribution in [3.05, 3.63) is 53.1 Å². The smallest absolute Gasteiger partial charge is 0.246 e. The third-order valence-electron chi connectivity index (χ3n) is 3.94. The van der Waals surface area contributed by atoms with Crippen LogP contribution in [0.2, 0.25) is 0 Å². The zero-order valence-corrected chi connectivity index (χ0v) is 10.7. The summed E-state index contributed by atoms with van der Waals surface area (Å²) in [5, 5.41) is 0. The predicted octanol–water partition coefficient (Wildman–Crippen LogP) is 2.72. The molecule has 2 nitrogen and oxygen atoms in total. The van der Waals surface area contributed by atoms with Gasteiger partial charge in [-0.1, -0.05) is 35.9 Å². The lowest BCUT2D eigenvalue weighted by molar-refractivity contribution is -0.125. The van der Waals surface area contributed by atoms with E-state index in [0.717, 1.165) is 25.9 Å². The lowest BCUT2D eigenvalue weighted by Crippen LogP contribution is -2.34. The molecule has 2 aliphatic rings. The average Bonchev–Trinajstić information content (AvgIpc) is 2.75. The third kappa shape index (κ3) is 1.69. The van der Waals surface area contributed by atoms with Crippen molar-refractivity contribution >= 4 is 11.5 Å². The monoisotopic (exact) mass is 239 g/mol. The first kappa shape index (κ1) is 11.3. The van der Waals surface area contributed by atoms with Crippen molar-refractivity contribution < 1.29 is 4.79 Å². The molecule has 1 amide bonds. The summed E-state index contributed by atoms with van der Waals surface area (Å²) in [6, 6.07) is 6.64. The molecule has 1 aliphatic carbocycles. The van der Waals surface area contributed by atoms with Crippen LogP contribution in [-0.2, 0) is 11.2 Å².